The van der Waals surface area contributed by atoms with Crippen LogP contribution in [-0.4, -0.2) is 19.3 Å². The topological polar surface area (TPSA) is 0 Å². The Kier molecular flexibility index (Phi) is 7.00. The maximum Gasteiger partial charge on any atom is 0.504 e. The lowest BCUT2D eigenvalue weighted by Crippen LogP contribution is -1.94. The predicted octanol–water partition coefficient (Wildman–Crippen LogP) is 2.84. The van der Waals surface area contributed by atoms with Gasteiger partial charge in [-0.25, -0.2) is 0 Å². The van der Waals surface area contributed by atoms with Gasteiger partial charge in [0.15, 0.2) is 0 Å². The monoisotopic (exact) mass is 144 g/mol. The summed E-state index contributed by atoms with van der Waals surface area (Å²) in [6, 6.07) is 0. The first kappa shape index (κ1) is 9.06. The van der Waals surface area contributed by atoms with E-state index in [1.807, 2.05) is 0 Å². The van der Waals surface area contributed by atoms with E-state index in [1.165, 1.54) is 19.3 Å². The SMILES string of the molecule is CCC[CH](CC)[Mg][Cl]. The van der Waals surface area contributed by atoms with Gasteiger partial charge in [-0.1, -0.05) is 33.1 Å². The Labute approximate surface area is 65.5 Å². The second-order valence-corrected chi connectivity index (χ2v) is 4.61. The first-order valence-electron chi connectivity index (χ1n) is 3.41. The van der Waals surface area contributed by atoms with Crippen LogP contribution in [-0.2, 0) is 0 Å². The van der Waals surface area contributed by atoms with E-state index in [4.69, 9.17) is 9.07 Å². The Balaban J connectivity index is 3.07. The van der Waals surface area contributed by atoms with E-state index in [1.54, 1.807) is 0 Å². The molecule has 0 spiro atoms. The molecule has 0 heterocycles. The quantitative estimate of drug-likeness (QED) is 0.533. The third-order valence-electron chi connectivity index (χ3n) is 1.49. The molecule has 0 fully saturated rings. The third kappa shape index (κ3) is 3.99. The molecule has 8 heavy (non-hydrogen) atoms. The molecule has 0 radical (unpaired) electrons. The zero-order valence-electron chi connectivity index (χ0n) is 5.78. The lowest BCUT2D eigenvalue weighted by molar-refractivity contribution is 0.698. The van der Waals surface area contributed by atoms with Crippen LogP contribution in [0.1, 0.15) is 33.1 Å². The highest BCUT2D eigenvalue weighted by molar-refractivity contribution is 6.94. The highest BCUT2D eigenvalue weighted by Gasteiger charge is 2.05. The number of rotatable bonds is 4. The van der Waals surface area contributed by atoms with Crippen molar-refractivity contribution in [3.05, 3.63) is 0 Å². The minimum absolute atomic E-state index is 0.211. The minimum Gasteiger partial charge on any atom is -0.346 e. The van der Waals surface area contributed by atoms with Crippen LogP contribution in [0.5, 0.6) is 0 Å². The molecule has 0 saturated heterocycles. The molecule has 0 amide bonds. The van der Waals surface area contributed by atoms with Crippen molar-refractivity contribution in [3.63, 3.8) is 0 Å². The Morgan fingerprint density at radius 1 is 1.50 bits per heavy atom. The fourth-order valence-corrected chi connectivity index (χ4v) is 2.70. The predicted molar refractivity (Wildman–Crippen MR) is 40.6 cm³/mol. The van der Waals surface area contributed by atoms with Crippen LogP contribution in [0.25, 0.3) is 0 Å². The van der Waals surface area contributed by atoms with Crippen molar-refractivity contribution in [2.24, 2.45) is 0 Å². The molecule has 0 aromatic heterocycles. The average molecular weight is 145 g/mol. The summed E-state index contributed by atoms with van der Waals surface area (Å²) in [5.74, 6) is 0. The molecule has 1 unspecified atom stereocenters. The molecular formula is C6H13ClMg. The molecular weight excluding hydrogens is 132 g/mol. The van der Waals surface area contributed by atoms with Crippen molar-refractivity contribution in [2.75, 3.05) is 0 Å². The molecule has 0 aliphatic carbocycles. The lowest BCUT2D eigenvalue weighted by Gasteiger charge is -2.05. The summed E-state index contributed by atoms with van der Waals surface area (Å²) < 4.78 is 0.904. The highest BCUT2D eigenvalue weighted by atomic mass is 35.5. The summed E-state index contributed by atoms with van der Waals surface area (Å²) in [5, 5.41) is 0. The number of hydrogen-bond donors (Lipinski definition) is 0. The molecule has 0 rings (SSSR count). The molecule has 2 heteroatoms. The van der Waals surface area contributed by atoms with E-state index in [0.29, 0.717) is 0 Å². The molecule has 0 aliphatic heterocycles. The molecule has 1 atom stereocenters. The molecule has 0 aromatic rings. The fourth-order valence-electron chi connectivity index (χ4n) is 0.799. The smallest absolute Gasteiger partial charge is 0.346 e. The third-order valence-corrected chi connectivity index (χ3v) is 4.22. The molecule has 0 N–H and O–H groups in total. The Bertz CT molecular complexity index is 43.8. The summed E-state index contributed by atoms with van der Waals surface area (Å²) in [6.45, 7) is 4.46. The van der Waals surface area contributed by atoms with Gasteiger partial charge in [-0.2, -0.15) is 0 Å². The van der Waals surface area contributed by atoms with Gasteiger partial charge in [0, 0.05) is 0 Å². The summed E-state index contributed by atoms with van der Waals surface area (Å²) in [5.41, 5.74) is 0. The van der Waals surface area contributed by atoms with Crippen LogP contribution in [0.4, 0.5) is 0 Å². The molecule has 0 aliphatic rings. The first-order valence-corrected chi connectivity index (χ1v) is 6.36. The van der Waals surface area contributed by atoms with Crippen LogP contribution in [0.3, 0.4) is 0 Å². The number of halogens is 1. The van der Waals surface area contributed by atoms with Gasteiger partial charge in [0.25, 0.3) is 0 Å². The minimum atomic E-state index is -0.211. The van der Waals surface area contributed by atoms with Crippen LogP contribution in [0.2, 0.25) is 4.05 Å². The summed E-state index contributed by atoms with van der Waals surface area (Å²) in [6.07, 6.45) is 3.95. The standard InChI is InChI=1S/C6H13.ClH.Mg/c1-3-5-6-4-2;;/h5H,3-4,6H2,1-2H3;1H;/q;;+1/p-1. The van der Waals surface area contributed by atoms with Crippen molar-refractivity contribution >= 4 is 28.3 Å². The van der Waals surface area contributed by atoms with Crippen molar-refractivity contribution in [1.82, 2.24) is 0 Å². The lowest BCUT2D eigenvalue weighted by atomic mass is 10.2. The van der Waals surface area contributed by atoms with Crippen LogP contribution >= 0.6 is 9.07 Å². The Morgan fingerprint density at radius 2 is 2.12 bits per heavy atom. The van der Waals surface area contributed by atoms with Crippen molar-refractivity contribution in [2.45, 2.75) is 37.2 Å². The fraction of sp³-hybridized carbons (Fsp3) is 1.00. The molecule has 46 valence electrons. The molecule has 0 nitrogen and oxygen atoms in total. The average Bonchev–Trinajstić information content (AvgIpc) is 1.83. The second kappa shape index (κ2) is 6.18. The normalized spacial score (nSPS) is 12.9. The zero-order valence-corrected chi connectivity index (χ0v) is 7.95. The Morgan fingerprint density at radius 3 is 2.25 bits per heavy atom. The van der Waals surface area contributed by atoms with Gasteiger partial charge in [-0.3, -0.25) is 0 Å². The highest BCUT2D eigenvalue weighted by Crippen LogP contribution is 2.16. The van der Waals surface area contributed by atoms with E-state index < -0.39 is 0 Å². The van der Waals surface area contributed by atoms with Crippen molar-refractivity contribution in [3.8, 4) is 0 Å². The van der Waals surface area contributed by atoms with Gasteiger partial charge in [0.05, 0.1) is 0 Å². The van der Waals surface area contributed by atoms with Gasteiger partial charge in [0.2, 0.25) is 0 Å². The van der Waals surface area contributed by atoms with E-state index >= 15 is 0 Å². The Hall–Kier alpha value is 1.06. The van der Waals surface area contributed by atoms with Crippen LogP contribution in [0, 0.1) is 0 Å². The zero-order chi connectivity index (χ0) is 6.41. The maximum absolute atomic E-state index is 5.79. The molecule has 0 aromatic carbocycles. The van der Waals surface area contributed by atoms with E-state index in [-0.39, 0.29) is 19.3 Å². The van der Waals surface area contributed by atoms with Crippen molar-refractivity contribution in [1.29, 1.82) is 0 Å². The largest absolute Gasteiger partial charge is 0.504 e. The summed E-state index contributed by atoms with van der Waals surface area (Å²) in [4.78, 5) is 0. The van der Waals surface area contributed by atoms with Crippen molar-refractivity contribution < 1.29 is 0 Å². The number of hydrogen-bond acceptors (Lipinski definition) is 0. The van der Waals surface area contributed by atoms with Gasteiger partial charge < -0.3 is 9.07 Å². The van der Waals surface area contributed by atoms with E-state index in [9.17, 15) is 0 Å². The van der Waals surface area contributed by atoms with Gasteiger partial charge in [-0.05, 0) is 0 Å². The molecule has 0 saturated carbocycles. The van der Waals surface area contributed by atoms with E-state index in [2.05, 4.69) is 13.8 Å². The summed E-state index contributed by atoms with van der Waals surface area (Å²) >= 11 is -0.211. The van der Waals surface area contributed by atoms with Gasteiger partial charge in [-0.15, -0.1) is 4.05 Å². The summed E-state index contributed by atoms with van der Waals surface area (Å²) in [7, 11) is 5.79. The maximum atomic E-state index is 5.79. The van der Waals surface area contributed by atoms with E-state index in [0.717, 1.165) is 4.05 Å². The van der Waals surface area contributed by atoms with Gasteiger partial charge >= 0.3 is 19.3 Å². The van der Waals surface area contributed by atoms with Crippen LogP contribution < -0.4 is 0 Å². The first-order chi connectivity index (χ1) is 3.85. The van der Waals surface area contributed by atoms with Crippen LogP contribution in [0.15, 0.2) is 0 Å². The second-order valence-electron chi connectivity index (χ2n) is 2.22. The van der Waals surface area contributed by atoms with Gasteiger partial charge in [0.1, 0.15) is 0 Å². The molecule has 0 bridgehead atoms.